The van der Waals surface area contributed by atoms with Crippen LogP contribution in [0.4, 0.5) is 0 Å². The van der Waals surface area contributed by atoms with Crippen molar-refractivity contribution in [2.45, 2.75) is 0 Å². The third kappa shape index (κ3) is 4.82. The van der Waals surface area contributed by atoms with Gasteiger partial charge in [0.1, 0.15) is 0 Å². The normalized spacial score (nSPS) is 11.2. The lowest BCUT2D eigenvalue weighted by molar-refractivity contribution is 1.40. The summed E-state index contributed by atoms with van der Waals surface area (Å²) >= 11 is 2.34. The van der Waals surface area contributed by atoms with Crippen molar-refractivity contribution in [3.8, 4) is 44.5 Å². The van der Waals surface area contributed by atoms with Crippen LogP contribution in [0, 0.1) is 3.57 Å². The summed E-state index contributed by atoms with van der Waals surface area (Å²) in [6.07, 6.45) is 3.92. The van der Waals surface area contributed by atoms with E-state index in [1.165, 1.54) is 25.8 Å². The first kappa shape index (κ1) is 23.7. The number of fused-ring (bicyclic) bond motifs is 2. The number of rotatable bonds is 4. The van der Waals surface area contributed by atoms with Gasteiger partial charge in [0, 0.05) is 37.9 Å². The number of benzene rings is 5. The minimum atomic E-state index is 0.997. The second kappa shape index (κ2) is 10.1. The highest BCUT2D eigenvalue weighted by atomic mass is 127. The zero-order valence-electron chi connectivity index (χ0n) is 21.1. The Bertz CT molecular complexity index is 1940. The van der Waals surface area contributed by atoms with E-state index in [-0.39, 0.29) is 0 Å². The fraction of sp³-hybridized carbons (Fsp3) is 0. The molecule has 184 valence electrons. The number of halogens is 1. The fourth-order valence-corrected chi connectivity index (χ4v) is 5.40. The first-order valence-corrected chi connectivity index (χ1v) is 14.0. The van der Waals surface area contributed by atoms with E-state index in [4.69, 9.17) is 4.98 Å². The van der Waals surface area contributed by atoms with Crippen LogP contribution in [0.25, 0.3) is 66.3 Å². The molecule has 2 heterocycles. The Morgan fingerprint density at radius 3 is 1.41 bits per heavy atom. The molecule has 7 rings (SSSR count). The molecule has 7 aromatic rings. The topological polar surface area (TPSA) is 25.8 Å². The maximum atomic E-state index is 4.82. The van der Waals surface area contributed by atoms with Gasteiger partial charge in [0.2, 0.25) is 0 Å². The lowest BCUT2D eigenvalue weighted by atomic mass is 9.98. The van der Waals surface area contributed by atoms with E-state index >= 15 is 0 Å². The summed E-state index contributed by atoms with van der Waals surface area (Å²) in [4.78, 5) is 9.43. The van der Waals surface area contributed by atoms with Crippen molar-refractivity contribution >= 4 is 44.4 Å². The van der Waals surface area contributed by atoms with Gasteiger partial charge >= 0.3 is 0 Å². The third-order valence-electron chi connectivity index (χ3n) is 7.22. The standard InChI is InChI=1S/C36H23IN2/c37-34-17-15-25(16-18-34)24-5-7-26(8-6-24)29-13-14-31-20-33(23-39-36(31)21-29)28-11-9-27(10-12-28)32-19-30-3-1-2-4-35(30)38-22-32/h1-23H. The van der Waals surface area contributed by atoms with E-state index in [0.29, 0.717) is 0 Å². The number of nitrogens with zero attached hydrogens (tertiary/aromatic N) is 2. The second-order valence-electron chi connectivity index (χ2n) is 9.71. The minimum absolute atomic E-state index is 0.997. The molecule has 0 saturated carbocycles. The van der Waals surface area contributed by atoms with Crippen molar-refractivity contribution in [3.05, 3.63) is 143 Å². The maximum absolute atomic E-state index is 4.82. The largest absolute Gasteiger partial charge is 0.256 e. The third-order valence-corrected chi connectivity index (χ3v) is 7.94. The van der Waals surface area contributed by atoms with Crippen LogP contribution in [0.3, 0.4) is 0 Å². The molecule has 0 radical (unpaired) electrons. The predicted octanol–water partition coefficient (Wildman–Crippen LogP) is 10.1. The second-order valence-corrected chi connectivity index (χ2v) is 11.0. The van der Waals surface area contributed by atoms with Crippen molar-refractivity contribution in [1.82, 2.24) is 9.97 Å². The summed E-state index contributed by atoms with van der Waals surface area (Å²) in [6, 6.07) is 45.2. The molecular formula is C36H23IN2. The lowest BCUT2D eigenvalue weighted by Crippen LogP contribution is -1.86. The van der Waals surface area contributed by atoms with Gasteiger partial charge in [-0.15, -0.1) is 0 Å². The summed E-state index contributed by atoms with van der Waals surface area (Å²) in [5, 5.41) is 2.29. The molecule has 0 fully saturated rings. The molecule has 0 unspecified atom stereocenters. The van der Waals surface area contributed by atoms with E-state index in [0.717, 1.165) is 44.1 Å². The average molecular weight is 610 g/mol. The molecule has 0 N–H and O–H groups in total. The van der Waals surface area contributed by atoms with E-state index in [1.807, 2.05) is 24.5 Å². The Kier molecular flexibility index (Phi) is 6.14. The maximum Gasteiger partial charge on any atom is 0.0708 e. The first-order chi connectivity index (χ1) is 19.2. The van der Waals surface area contributed by atoms with Crippen LogP contribution in [0.5, 0.6) is 0 Å². The van der Waals surface area contributed by atoms with Crippen LogP contribution in [-0.4, -0.2) is 9.97 Å². The quantitative estimate of drug-likeness (QED) is 0.185. The molecule has 5 aromatic carbocycles. The Morgan fingerprint density at radius 2 is 0.795 bits per heavy atom. The number of para-hydroxylation sites is 1. The molecule has 39 heavy (non-hydrogen) atoms. The SMILES string of the molecule is Ic1ccc(-c2ccc(-c3ccc4cc(-c5ccc(-c6cnc7ccccc7c6)cc5)cnc4c3)cc2)cc1. The van der Waals surface area contributed by atoms with Crippen molar-refractivity contribution in [2.75, 3.05) is 0 Å². The highest BCUT2D eigenvalue weighted by Gasteiger charge is 2.07. The lowest BCUT2D eigenvalue weighted by Gasteiger charge is -2.09. The zero-order valence-corrected chi connectivity index (χ0v) is 23.2. The van der Waals surface area contributed by atoms with E-state index in [9.17, 15) is 0 Å². The summed E-state index contributed by atoms with van der Waals surface area (Å²) in [7, 11) is 0. The van der Waals surface area contributed by atoms with E-state index in [2.05, 4.69) is 143 Å². The van der Waals surface area contributed by atoms with Gasteiger partial charge in [0.05, 0.1) is 11.0 Å². The molecule has 0 aliphatic heterocycles. The highest BCUT2D eigenvalue weighted by Crippen LogP contribution is 2.30. The Labute approximate surface area is 241 Å². The minimum Gasteiger partial charge on any atom is -0.256 e. The van der Waals surface area contributed by atoms with Crippen LogP contribution >= 0.6 is 22.6 Å². The van der Waals surface area contributed by atoms with E-state index < -0.39 is 0 Å². The van der Waals surface area contributed by atoms with Crippen LogP contribution in [0.2, 0.25) is 0 Å². The zero-order chi connectivity index (χ0) is 26.2. The molecule has 0 amide bonds. The molecule has 0 bridgehead atoms. The summed E-state index contributed by atoms with van der Waals surface area (Å²) in [5.74, 6) is 0. The van der Waals surface area contributed by atoms with Crippen molar-refractivity contribution in [1.29, 1.82) is 0 Å². The Balaban J connectivity index is 1.13. The molecule has 0 aliphatic rings. The van der Waals surface area contributed by atoms with Gasteiger partial charge in [-0.3, -0.25) is 9.97 Å². The van der Waals surface area contributed by atoms with Gasteiger partial charge in [0.15, 0.2) is 0 Å². The van der Waals surface area contributed by atoms with Gasteiger partial charge in [-0.2, -0.15) is 0 Å². The van der Waals surface area contributed by atoms with E-state index in [1.54, 1.807) is 0 Å². The molecule has 0 spiro atoms. The number of pyridine rings is 2. The van der Waals surface area contributed by atoms with Gasteiger partial charge < -0.3 is 0 Å². The van der Waals surface area contributed by atoms with Crippen LogP contribution < -0.4 is 0 Å². The molecule has 0 aliphatic carbocycles. The smallest absolute Gasteiger partial charge is 0.0708 e. The van der Waals surface area contributed by atoms with Crippen LogP contribution in [-0.2, 0) is 0 Å². The average Bonchev–Trinajstić information content (AvgIpc) is 3.01. The van der Waals surface area contributed by atoms with Crippen molar-refractivity contribution < 1.29 is 0 Å². The van der Waals surface area contributed by atoms with Gasteiger partial charge in [-0.1, -0.05) is 91.0 Å². The van der Waals surface area contributed by atoms with Gasteiger partial charge in [-0.25, -0.2) is 0 Å². The summed E-state index contributed by atoms with van der Waals surface area (Å²) < 4.78 is 1.25. The molecular weight excluding hydrogens is 587 g/mol. The Morgan fingerprint density at radius 1 is 0.359 bits per heavy atom. The molecule has 0 atom stereocenters. The monoisotopic (exact) mass is 610 g/mol. The molecule has 2 aromatic heterocycles. The van der Waals surface area contributed by atoms with Gasteiger partial charge in [0.25, 0.3) is 0 Å². The first-order valence-electron chi connectivity index (χ1n) is 12.9. The highest BCUT2D eigenvalue weighted by molar-refractivity contribution is 14.1. The van der Waals surface area contributed by atoms with Crippen LogP contribution in [0.1, 0.15) is 0 Å². The molecule has 3 heteroatoms. The summed E-state index contributed by atoms with van der Waals surface area (Å²) in [5.41, 5.74) is 11.4. The number of hydrogen-bond acceptors (Lipinski definition) is 2. The van der Waals surface area contributed by atoms with Crippen molar-refractivity contribution in [3.63, 3.8) is 0 Å². The Hall–Kier alpha value is -4.35. The van der Waals surface area contributed by atoms with Crippen LogP contribution in [0.15, 0.2) is 140 Å². The molecule has 0 saturated heterocycles. The number of hydrogen-bond donors (Lipinski definition) is 0. The fourth-order valence-electron chi connectivity index (χ4n) is 5.04. The molecule has 2 nitrogen and oxygen atoms in total. The summed E-state index contributed by atoms with van der Waals surface area (Å²) in [6.45, 7) is 0. The predicted molar refractivity (Wildman–Crippen MR) is 172 cm³/mol. The van der Waals surface area contributed by atoms with Gasteiger partial charge in [-0.05, 0) is 92.4 Å². The van der Waals surface area contributed by atoms with Crippen molar-refractivity contribution in [2.24, 2.45) is 0 Å². The number of aromatic nitrogens is 2.